The van der Waals surface area contributed by atoms with Crippen molar-refractivity contribution in [2.24, 2.45) is 0 Å². The molecule has 28 heavy (non-hydrogen) atoms. The molecule has 2 rings (SSSR count). The lowest BCUT2D eigenvalue weighted by Crippen LogP contribution is -2.38. The monoisotopic (exact) mass is 408 g/mol. The summed E-state index contributed by atoms with van der Waals surface area (Å²) in [5.41, 5.74) is 0.790. The van der Waals surface area contributed by atoms with Crippen LogP contribution in [0, 0.1) is 0 Å². The van der Waals surface area contributed by atoms with Gasteiger partial charge in [-0.1, -0.05) is 18.2 Å². The first-order valence-electron chi connectivity index (χ1n) is 8.40. The molecular formula is C19H24N2O6S. The van der Waals surface area contributed by atoms with Crippen molar-refractivity contribution in [3.8, 4) is 17.2 Å². The highest BCUT2D eigenvalue weighted by atomic mass is 32.2. The number of nitrogens with one attached hydrogen (secondary N) is 1. The summed E-state index contributed by atoms with van der Waals surface area (Å²) >= 11 is 0. The van der Waals surface area contributed by atoms with Gasteiger partial charge in [-0.25, -0.2) is 8.42 Å². The van der Waals surface area contributed by atoms with Gasteiger partial charge in [0.1, 0.15) is 22.1 Å². The molecule has 0 atom stereocenters. The van der Waals surface area contributed by atoms with Gasteiger partial charge in [0.2, 0.25) is 15.9 Å². The fourth-order valence-electron chi connectivity index (χ4n) is 2.54. The maximum atomic E-state index is 12.9. The van der Waals surface area contributed by atoms with Crippen molar-refractivity contribution in [1.29, 1.82) is 0 Å². The second kappa shape index (κ2) is 9.43. The number of hydrogen-bond donors (Lipinski definition) is 1. The lowest BCUT2D eigenvalue weighted by atomic mass is 10.2. The van der Waals surface area contributed by atoms with E-state index >= 15 is 0 Å². The van der Waals surface area contributed by atoms with Gasteiger partial charge in [-0.2, -0.15) is 4.31 Å². The van der Waals surface area contributed by atoms with Gasteiger partial charge in [-0.15, -0.1) is 0 Å². The zero-order valence-electron chi connectivity index (χ0n) is 16.3. The molecule has 0 unspecified atom stereocenters. The van der Waals surface area contributed by atoms with Crippen LogP contribution in [0.2, 0.25) is 0 Å². The molecule has 0 aliphatic heterocycles. The highest BCUT2D eigenvalue weighted by molar-refractivity contribution is 7.89. The number of benzene rings is 2. The molecule has 0 fully saturated rings. The van der Waals surface area contributed by atoms with Gasteiger partial charge in [0.15, 0.2) is 0 Å². The van der Waals surface area contributed by atoms with Crippen LogP contribution < -0.4 is 19.5 Å². The Labute approximate surface area is 165 Å². The van der Waals surface area contributed by atoms with Crippen molar-refractivity contribution in [3.05, 3.63) is 48.0 Å². The fourth-order valence-corrected chi connectivity index (χ4v) is 3.83. The van der Waals surface area contributed by atoms with Crippen LogP contribution in [0.1, 0.15) is 5.56 Å². The lowest BCUT2D eigenvalue weighted by molar-refractivity contribution is -0.121. The number of nitrogens with zero attached hydrogens (tertiary/aromatic N) is 1. The number of carbonyl (C=O) groups excluding carboxylic acids is 1. The molecule has 1 N–H and O–H groups in total. The smallest absolute Gasteiger partial charge is 0.247 e. The number of hydrogen-bond acceptors (Lipinski definition) is 6. The lowest BCUT2D eigenvalue weighted by Gasteiger charge is -2.19. The summed E-state index contributed by atoms with van der Waals surface area (Å²) in [6.45, 7) is -0.128. The van der Waals surface area contributed by atoms with Crippen LogP contribution in [0.3, 0.4) is 0 Å². The number of rotatable bonds is 9. The van der Waals surface area contributed by atoms with E-state index in [-0.39, 0.29) is 23.7 Å². The van der Waals surface area contributed by atoms with Crippen LogP contribution >= 0.6 is 0 Å². The molecule has 0 heterocycles. The van der Waals surface area contributed by atoms with E-state index in [4.69, 9.17) is 14.2 Å². The second-order valence-corrected chi connectivity index (χ2v) is 7.88. The topological polar surface area (TPSA) is 94.2 Å². The van der Waals surface area contributed by atoms with Gasteiger partial charge in [0, 0.05) is 25.2 Å². The molecule has 0 aliphatic rings. The molecule has 0 bridgehead atoms. The summed E-state index contributed by atoms with van der Waals surface area (Å²) in [4.78, 5) is 12.2. The first-order chi connectivity index (χ1) is 13.3. The van der Waals surface area contributed by atoms with Crippen LogP contribution in [0.25, 0.3) is 0 Å². The van der Waals surface area contributed by atoms with Crippen molar-refractivity contribution >= 4 is 15.9 Å². The number of methoxy groups -OCH3 is 3. The third kappa shape index (κ3) is 4.93. The molecule has 0 saturated carbocycles. The van der Waals surface area contributed by atoms with Crippen molar-refractivity contribution in [3.63, 3.8) is 0 Å². The van der Waals surface area contributed by atoms with Crippen molar-refractivity contribution in [1.82, 2.24) is 9.62 Å². The quantitative estimate of drug-likeness (QED) is 0.678. The summed E-state index contributed by atoms with van der Waals surface area (Å²) in [6, 6.07) is 11.7. The Morgan fingerprint density at radius 3 is 2.32 bits per heavy atom. The Kier molecular flexibility index (Phi) is 7.24. The fraction of sp³-hybridized carbons (Fsp3) is 0.316. The van der Waals surface area contributed by atoms with Crippen molar-refractivity contribution in [2.75, 3.05) is 34.9 Å². The number of sulfonamides is 1. The Morgan fingerprint density at radius 2 is 1.68 bits per heavy atom. The van der Waals surface area contributed by atoms with Crippen LogP contribution in [0.5, 0.6) is 17.2 Å². The number of likely N-dealkylation sites (N-methyl/N-ethyl adjacent to an activating group) is 1. The number of carbonyl (C=O) groups is 1. The zero-order chi connectivity index (χ0) is 20.7. The number of amides is 1. The zero-order valence-corrected chi connectivity index (χ0v) is 17.1. The molecule has 152 valence electrons. The predicted molar refractivity (Wildman–Crippen MR) is 104 cm³/mol. The van der Waals surface area contributed by atoms with Crippen LogP contribution in [0.15, 0.2) is 47.4 Å². The number of para-hydroxylation sites is 1. The Bertz CT molecular complexity index is 930. The van der Waals surface area contributed by atoms with E-state index in [0.717, 1.165) is 9.87 Å². The minimum absolute atomic E-state index is 0.0746. The van der Waals surface area contributed by atoms with E-state index in [1.165, 1.54) is 33.4 Å². The molecule has 2 aromatic carbocycles. The van der Waals surface area contributed by atoms with E-state index in [2.05, 4.69) is 5.32 Å². The Balaban J connectivity index is 2.10. The average molecular weight is 408 g/mol. The maximum absolute atomic E-state index is 12.9. The summed E-state index contributed by atoms with van der Waals surface area (Å²) in [5, 5.41) is 2.70. The highest BCUT2D eigenvalue weighted by Crippen LogP contribution is 2.30. The SMILES string of the molecule is COc1ccc(OC)c(S(=O)(=O)N(C)CC(=O)NCc2ccccc2OC)c1. The van der Waals surface area contributed by atoms with Crippen LogP contribution in [0.4, 0.5) is 0 Å². The summed E-state index contributed by atoms with van der Waals surface area (Å²) in [6.07, 6.45) is 0. The Morgan fingerprint density at radius 1 is 1.00 bits per heavy atom. The Hall–Kier alpha value is -2.78. The third-order valence-corrected chi connectivity index (χ3v) is 5.92. The molecule has 0 radical (unpaired) electrons. The van der Waals surface area contributed by atoms with Crippen molar-refractivity contribution in [2.45, 2.75) is 11.4 Å². The molecule has 0 aromatic heterocycles. The standard InChI is InChI=1S/C19H24N2O6S/c1-21(13-19(22)20-12-14-7-5-6-8-16(14)26-3)28(23,24)18-11-15(25-2)9-10-17(18)27-4/h5-11H,12-13H2,1-4H3,(H,20,22). The van der Waals surface area contributed by atoms with Crippen LogP contribution in [-0.4, -0.2) is 53.6 Å². The van der Waals surface area contributed by atoms with E-state index in [1.807, 2.05) is 18.2 Å². The molecule has 8 nitrogen and oxygen atoms in total. The molecular weight excluding hydrogens is 384 g/mol. The molecule has 0 spiro atoms. The molecule has 9 heteroatoms. The van der Waals surface area contributed by atoms with Gasteiger partial charge in [0.05, 0.1) is 27.9 Å². The van der Waals surface area contributed by atoms with Gasteiger partial charge in [-0.05, 0) is 18.2 Å². The third-order valence-electron chi connectivity index (χ3n) is 4.09. The van der Waals surface area contributed by atoms with E-state index < -0.39 is 15.9 Å². The van der Waals surface area contributed by atoms with Gasteiger partial charge in [0.25, 0.3) is 0 Å². The molecule has 0 saturated heterocycles. The van der Waals surface area contributed by atoms with E-state index in [0.29, 0.717) is 11.5 Å². The van der Waals surface area contributed by atoms with Gasteiger partial charge in [-0.3, -0.25) is 4.79 Å². The largest absolute Gasteiger partial charge is 0.497 e. The van der Waals surface area contributed by atoms with Crippen molar-refractivity contribution < 1.29 is 27.4 Å². The summed E-state index contributed by atoms with van der Waals surface area (Å²) in [7, 11) is 1.73. The molecule has 2 aromatic rings. The molecule has 1 amide bonds. The maximum Gasteiger partial charge on any atom is 0.247 e. The summed E-state index contributed by atoms with van der Waals surface area (Å²) in [5.74, 6) is 0.735. The van der Waals surface area contributed by atoms with Gasteiger partial charge < -0.3 is 19.5 Å². The molecule has 0 aliphatic carbocycles. The first-order valence-corrected chi connectivity index (χ1v) is 9.84. The average Bonchev–Trinajstić information content (AvgIpc) is 2.71. The van der Waals surface area contributed by atoms with Crippen LogP contribution in [-0.2, 0) is 21.4 Å². The predicted octanol–water partition coefficient (Wildman–Crippen LogP) is 1.65. The minimum atomic E-state index is -3.96. The number of ether oxygens (including phenoxy) is 3. The van der Waals surface area contributed by atoms with E-state index in [1.54, 1.807) is 19.2 Å². The first kappa shape index (κ1) is 21.5. The van der Waals surface area contributed by atoms with E-state index in [9.17, 15) is 13.2 Å². The second-order valence-electron chi connectivity index (χ2n) is 5.87. The van der Waals surface area contributed by atoms with Gasteiger partial charge >= 0.3 is 0 Å². The normalized spacial score (nSPS) is 11.2. The minimum Gasteiger partial charge on any atom is -0.497 e. The summed E-state index contributed by atoms with van der Waals surface area (Å²) < 4.78 is 42.2. The highest BCUT2D eigenvalue weighted by Gasteiger charge is 2.27.